The summed E-state index contributed by atoms with van der Waals surface area (Å²) >= 11 is 0. The number of nitrogens with one attached hydrogen (secondary N) is 1. The molecule has 1 aromatic carbocycles. The van der Waals surface area contributed by atoms with E-state index in [0.29, 0.717) is 11.6 Å². The quantitative estimate of drug-likeness (QED) is 0.780. The molecule has 0 aliphatic heterocycles. The van der Waals surface area contributed by atoms with Crippen molar-refractivity contribution in [2.45, 2.75) is 30.7 Å². The summed E-state index contributed by atoms with van der Waals surface area (Å²) in [5.41, 5.74) is 6.03. The predicted octanol–water partition coefficient (Wildman–Crippen LogP) is 1.35. The lowest BCUT2D eigenvalue weighted by atomic mass is 10.2. The van der Waals surface area contributed by atoms with E-state index in [1.54, 1.807) is 18.2 Å². The molecule has 5 heteroatoms. The van der Waals surface area contributed by atoms with Gasteiger partial charge >= 0.3 is 0 Å². The molecule has 2 rings (SSSR count). The van der Waals surface area contributed by atoms with E-state index in [2.05, 4.69) is 4.72 Å². The van der Waals surface area contributed by atoms with E-state index in [1.807, 2.05) is 6.92 Å². The second-order valence-electron chi connectivity index (χ2n) is 4.32. The molecule has 0 saturated heterocycles. The van der Waals surface area contributed by atoms with Gasteiger partial charge in [-0.15, -0.1) is 0 Å². The highest BCUT2D eigenvalue weighted by Crippen LogP contribution is 2.33. The highest BCUT2D eigenvalue weighted by molar-refractivity contribution is 7.89. The number of sulfonamides is 1. The van der Waals surface area contributed by atoms with Gasteiger partial charge in [0.05, 0.1) is 4.90 Å². The van der Waals surface area contributed by atoms with Gasteiger partial charge in [0.1, 0.15) is 0 Å². The van der Waals surface area contributed by atoms with E-state index in [9.17, 15) is 8.42 Å². The Morgan fingerprint density at radius 2 is 2.12 bits per heavy atom. The van der Waals surface area contributed by atoms with Crippen molar-refractivity contribution in [2.24, 2.45) is 5.92 Å². The molecule has 1 aliphatic carbocycles. The van der Waals surface area contributed by atoms with Crippen molar-refractivity contribution in [1.82, 2.24) is 4.72 Å². The third kappa shape index (κ3) is 2.54. The fourth-order valence-corrected chi connectivity index (χ4v) is 3.05. The van der Waals surface area contributed by atoms with Gasteiger partial charge in [-0.05, 0) is 43.9 Å². The van der Waals surface area contributed by atoms with E-state index in [-0.39, 0.29) is 10.9 Å². The summed E-state index contributed by atoms with van der Waals surface area (Å²) in [4.78, 5) is 0.236. The van der Waals surface area contributed by atoms with E-state index in [1.165, 1.54) is 6.07 Å². The molecule has 0 bridgehead atoms. The van der Waals surface area contributed by atoms with Crippen LogP contribution in [0.3, 0.4) is 0 Å². The van der Waals surface area contributed by atoms with Crippen LogP contribution in [-0.2, 0) is 10.0 Å². The average Bonchev–Trinajstić information content (AvgIpc) is 3.00. The summed E-state index contributed by atoms with van der Waals surface area (Å²) in [6.45, 7) is 1.90. The molecule has 3 N–H and O–H groups in total. The minimum Gasteiger partial charge on any atom is -0.399 e. The van der Waals surface area contributed by atoms with Crippen LogP contribution in [-0.4, -0.2) is 14.5 Å². The zero-order valence-corrected chi connectivity index (χ0v) is 10.00. The average molecular weight is 240 g/mol. The van der Waals surface area contributed by atoms with Crippen LogP contribution in [0.4, 0.5) is 5.69 Å². The highest BCUT2D eigenvalue weighted by atomic mass is 32.2. The number of anilines is 1. The van der Waals surface area contributed by atoms with Crippen LogP contribution in [0.1, 0.15) is 19.8 Å². The van der Waals surface area contributed by atoms with Gasteiger partial charge in [0.2, 0.25) is 10.0 Å². The van der Waals surface area contributed by atoms with E-state index in [4.69, 9.17) is 5.73 Å². The monoisotopic (exact) mass is 240 g/mol. The Morgan fingerprint density at radius 1 is 1.44 bits per heavy atom. The van der Waals surface area contributed by atoms with Crippen molar-refractivity contribution in [3.8, 4) is 0 Å². The smallest absolute Gasteiger partial charge is 0.240 e. The van der Waals surface area contributed by atoms with Crippen molar-refractivity contribution in [3.05, 3.63) is 24.3 Å². The van der Waals surface area contributed by atoms with E-state index < -0.39 is 10.0 Å². The Morgan fingerprint density at radius 3 is 2.69 bits per heavy atom. The largest absolute Gasteiger partial charge is 0.399 e. The van der Waals surface area contributed by atoms with Crippen LogP contribution in [0.25, 0.3) is 0 Å². The number of nitrogen functional groups attached to an aromatic ring is 1. The fourth-order valence-electron chi connectivity index (χ4n) is 1.69. The first-order valence-corrected chi connectivity index (χ1v) is 6.85. The van der Waals surface area contributed by atoms with Crippen molar-refractivity contribution in [1.29, 1.82) is 0 Å². The van der Waals surface area contributed by atoms with Gasteiger partial charge in [-0.1, -0.05) is 6.07 Å². The van der Waals surface area contributed by atoms with Gasteiger partial charge in [-0.2, -0.15) is 0 Å². The first-order valence-electron chi connectivity index (χ1n) is 5.37. The molecule has 1 saturated carbocycles. The van der Waals surface area contributed by atoms with Crippen LogP contribution in [0, 0.1) is 5.92 Å². The lowest BCUT2D eigenvalue weighted by Crippen LogP contribution is -2.34. The zero-order valence-electron chi connectivity index (χ0n) is 9.18. The molecule has 1 aromatic rings. The van der Waals surface area contributed by atoms with E-state index >= 15 is 0 Å². The third-order valence-electron chi connectivity index (χ3n) is 2.84. The molecule has 0 spiro atoms. The molecule has 0 radical (unpaired) electrons. The first kappa shape index (κ1) is 11.4. The Labute approximate surface area is 95.9 Å². The summed E-state index contributed by atoms with van der Waals surface area (Å²) in [5, 5.41) is 0. The van der Waals surface area contributed by atoms with Crippen molar-refractivity contribution in [2.75, 3.05) is 5.73 Å². The maximum atomic E-state index is 12.0. The zero-order chi connectivity index (χ0) is 11.8. The minimum absolute atomic E-state index is 0.00595. The van der Waals surface area contributed by atoms with Gasteiger partial charge < -0.3 is 5.73 Å². The van der Waals surface area contributed by atoms with Gasteiger partial charge in [-0.3, -0.25) is 0 Å². The van der Waals surface area contributed by atoms with Crippen LogP contribution < -0.4 is 10.5 Å². The Bertz CT molecular complexity index is 481. The molecule has 0 amide bonds. The summed E-state index contributed by atoms with van der Waals surface area (Å²) < 4.78 is 26.6. The number of nitrogens with two attached hydrogens (primary N) is 1. The van der Waals surface area contributed by atoms with Crippen molar-refractivity contribution < 1.29 is 8.42 Å². The summed E-state index contributed by atoms with van der Waals surface area (Å²) in [6.07, 6.45) is 2.22. The molecular formula is C11H16N2O2S. The van der Waals surface area contributed by atoms with Gasteiger partial charge in [0, 0.05) is 11.7 Å². The number of hydrogen-bond donors (Lipinski definition) is 2. The molecule has 1 aliphatic rings. The van der Waals surface area contributed by atoms with Gasteiger partial charge in [-0.25, -0.2) is 13.1 Å². The molecular weight excluding hydrogens is 224 g/mol. The number of benzene rings is 1. The maximum Gasteiger partial charge on any atom is 0.240 e. The summed E-state index contributed by atoms with van der Waals surface area (Å²) in [5.74, 6) is 0.496. The minimum atomic E-state index is -3.42. The van der Waals surface area contributed by atoms with Gasteiger partial charge in [0.15, 0.2) is 0 Å². The van der Waals surface area contributed by atoms with Crippen LogP contribution >= 0.6 is 0 Å². The molecule has 1 unspecified atom stereocenters. The lowest BCUT2D eigenvalue weighted by Gasteiger charge is -2.13. The third-order valence-corrected chi connectivity index (χ3v) is 4.40. The molecule has 0 aromatic heterocycles. The molecule has 88 valence electrons. The van der Waals surface area contributed by atoms with Crippen molar-refractivity contribution in [3.63, 3.8) is 0 Å². The second kappa shape index (κ2) is 4.07. The van der Waals surface area contributed by atoms with E-state index in [0.717, 1.165) is 12.8 Å². The Balaban J connectivity index is 2.17. The van der Waals surface area contributed by atoms with Crippen molar-refractivity contribution >= 4 is 15.7 Å². The molecule has 1 atom stereocenters. The first-order chi connectivity index (χ1) is 7.49. The number of rotatable bonds is 4. The molecule has 4 nitrogen and oxygen atoms in total. The summed E-state index contributed by atoms with van der Waals surface area (Å²) in [6, 6.07) is 6.35. The van der Waals surface area contributed by atoms with Gasteiger partial charge in [0.25, 0.3) is 0 Å². The van der Waals surface area contributed by atoms with Crippen LogP contribution in [0.2, 0.25) is 0 Å². The second-order valence-corrected chi connectivity index (χ2v) is 6.03. The van der Waals surface area contributed by atoms with Crippen LogP contribution in [0.5, 0.6) is 0 Å². The molecule has 0 heterocycles. The Hall–Kier alpha value is -1.07. The molecule has 1 fully saturated rings. The van der Waals surface area contributed by atoms with Crippen LogP contribution in [0.15, 0.2) is 29.2 Å². The Kier molecular flexibility index (Phi) is 2.90. The fraction of sp³-hybridized carbons (Fsp3) is 0.455. The molecule has 16 heavy (non-hydrogen) atoms. The lowest BCUT2D eigenvalue weighted by molar-refractivity contribution is 0.538. The predicted molar refractivity (Wildman–Crippen MR) is 63.4 cm³/mol. The topological polar surface area (TPSA) is 72.2 Å². The maximum absolute atomic E-state index is 12.0. The SMILES string of the molecule is CC(NS(=O)(=O)c1cccc(N)c1)C1CC1. The normalized spacial score (nSPS) is 18.3. The number of hydrogen-bond acceptors (Lipinski definition) is 3. The highest BCUT2D eigenvalue weighted by Gasteiger charge is 2.31. The summed E-state index contributed by atoms with van der Waals surface area (Å²) in [7, 11) is -3.42. The standard InChI is InChI=1S/C11H16N2O2S/c1-8(9-5-6-9)13-16(14,15)11-4-2-3-10(12)7-11/h2-4,7-9,13H,5-6,12H2,1H3.